The van der Waals surface area contributed by atoms with Crippen molar-refractivity contribution in [3.05, 3.63) is 42.0 Å². The zero-order valence-corrected chi connectivity index (χ0v) is 12.6. The van der Waals surface area contributed by atoms with E-state index in [-0.39, 0.29) is 6.42 Å². The molecule has 0 bridgehead atoms. The van der Waals surface area contributed by atoms with Crippen molar-refractivity contribution >= 4 is 5.97 Å². The van der Waals surface area contributed by atoms with Crippen molar-refractivity contribution in [2.24, 2.45) is 5.92 Å². The molecule has 0 unspecified atom stereocenters. The second kappa shape index (κ2) is 7.87. The highest BCUT2D eigenvalue weighted by Gasteiger charge is 2.20. The maximum Gasteiger partial charge on any atom is 0.303 e. The molecule has 0 radical (unpaired) electrons. The normalized spacial score (nSPS) is 22.3. The van der Waals surface area contributed by atoms with Crippen molar-refractivity contribution in [2.45, 2.75) is 44.4 Å². The lowest BCUT2D eigenvalue weighted by Gasteiger charge is -2.27. The SMILES string of the molecule is COc1ccc(C2CCC(C=CCCC(=O)O)CC2)cc1. The van der Waals surface area contributed by atoms with Crippen LogP contribution in [0.4, 0.5) is 0 Å². The molecule has 2 rings (SSSR count). The fraction of sp³-hybridized carbons (Fsp3) is 0.500. The first kappa shape index (κ1) is 15.6. The van der Waals surface area contributed by atoms with Crippen LogP contribution in [0.5, 0.6) is 5.75 Å². The number of carbonyl (C=O) groups is 1. The highest BCUT2D eigenvalue weighted by Crippen LogP contribution is 2.36. The predicted octanol–water partition coefficient (Wildman–Crippen LogP) is 4.39. The number of carboxylic acid groups (broad SMARTS) is 1. The smallest absolute Gasteiger partial charge is 0.303 e. The van der Waals surface area contributed by atoms with Crippen molar-refractivity contribution in [1.29, 1.82) is 0 Å². The average Bonchev–Trinajstić information content (AvgIpc) is 2.52. The van der Waals surface area contributed by atoms with Crippen molar-refractivity contribution in [3.8, 4) is 5.75 Å². The molecule has 1 aromatic rings. The van der Waals surface area contributed by atoms with Crippen LogP contribution in [-0.2, 0) is 4.79 Å². The lowest BCUT2D eigenvalue weighted by Crippen LogP contribution is -2.11. The van der Waals surface area contributed by atoms with Crippen molar-refractivity contribution < 1.29 is 14.6 Å². The summed E-state index contributed by atoms with van der Waals surface area (Å²) in [6, 6.07) is 8.42. The third-order valence-electron chi connectivity index (χ3n) is 4.29. The molecule has 0 saturated heterocycles. The Labute approximate surface area is 126 Å². The quantitative estimate of drug-likeness (QED) is 0.790. The van der Waals surface area contributed by atoms with E-state index in [9.17, 15) is 4.79 Å². The topological polar surface area (TPSA) is 46.5 Å². The minimum Gasteiger partial charge on any atom is -0.497 e. The van der Waals surface area contributed by atoms with Gasteiger partial charge in [-0.05, 0) is 61.6 Å². The molecular formula is C18H24O3. The van der Waals surface area contributed by atoms with Crippen LogP contribution in [0.25, 0.3) is 0 Å². The number of allylic oxidation sites excluding steroid dienone is 2. The van der Waals surface area contributed by atoms with Gasteiger partial charge in [-0.15, -0.1) is 0 Å². The summed E-state index contributed by atoms with van der Waals surface area (Å²) in [6.07, 6.45) is 9.94. The molecule has 0 amide bonds. The van der Waals surface area contributed by atoms with Crippen LogP contribution in [-0.4, -0.2) is 18.2 Å². The highest BCUT2D eigenvalue weighted by molar-refractivity contribution is 5.66. The molecular weight excluding hydrogens is 264 g/mol. The van der Waals surface area contributed by atoms with Gasteiger partial charge in [-0.2, -0.15) is 0 Å². The van der Waals surface area contributed by atoms with Gasteiger partial charge in [0.1, 0.15) is 5.75 Å². The molecule has 21 heavy (non-hydrogen) atoms. The fourth-order valence-electron chi connectivity index (χ4n) is 3.02. The first-order valence-corrected chi connectivity index (χ1v) is 7.71. The fourth-order valence-corrected chi connectivity index (χ4v) is 3.02. The van der Waals surface area contributed by atoms with E-state index in [0.29, 0.717) is 18.3 Å². The molecule has 0 spiro atoms. The van der Waals surface area contributed by atoms with Gasteiger partial charge in [-0.25, -0.2) is 0 Å². The van der Waals surface area contributed by atoms with Gasteiger partial charge in [0, 0.05) is 6.42 Å². The predicted molar refractivity (Wildman–Crippen MR) is 83.7 cm³/mol. The maximum atomic E-state index is 10.5. The van der Waals surface area contributed by atoms with E-state index in [2.05, 4.69) is 18.2 Å². The minimum absolute atomic E-state index is 0.234. The van der Waals surface area contributed by atoms with Gasteiger partial charge < -0.3 is 9.84 Å². The van der Waals surface area contributed by atoms with Gasteiger partial charge in [0.25, 0.3) is 0 Å². The summed E-state index contributed by atoms with van der Waals surface area (Å²) in [5.41, 5.74) is 1.41. The van der Waals surface area contributed by atoms with Crippen LogP contribution in [0.2, 0.25) is 0 Å². The zero-order valence-electron chi connectivity index (χ0n) is 12.6. The lowest BCUT2D eigenvalue weighted by molar-refractivity contribution is -0.136. The molecule has 1 aliphatic carbocycles. The first-order valence-electron chi connectivity index (χ1n) is 7.71. The summed E-state index contributed by atoms with van der Waals surface area (Å²) in [4.78, 5) is 10.5. The van der Waals surface area contributed by atoms with Crippen molar-refractivity contribution in [1.82, 2.24) is 0 Å². The van der Waals surface area contributed by atoms with Gasteiger partial charge in [-0.3, -0.25) is 4.79 Å². The van der Waals surface area contributed by atoms with Gasteiger partial charge in [0.15, 0.2) is 0 Å². The van der Waals surface area contributed by atoms with E-state index in [4.69, 9.17) is 9.84 Å². The van der Waals surface area contributed by atoms with Crippen LogP contribution >= 0.6 is 0 Å². The molecule has 0 aliphatic heterocycles. The van der Waals surface area contributed by atoms with E-state index in [1.165, 1.54) is 31.2 Å². The number of hydrogen-bond donors (Lipinski definition) is 1. The van der Waals surface area contributed by atoms with E-state index in [0.717, 1.165) is 5.75 Å². The van der Waals surface area contributed by atoms with E-state index in [1.54, 1.807) is 7.11 Å². The molecule has 1 aromatic carbocycles. The standard InChI is InChI=1S/C18H24O3/c1-21-17-12-10-16(11-13-17)15-8-6-14(7-9-15)4-2-3-5-18(19)20/h2,4,10-15H,3,5-9H2,1H3,(H,19,20). The molecule has 0 aromatic heterocycles. The van der Waals surface area contributed by atoms with Crippen LogP contribution < -0.4 is 4.74 Å². The van der Waals surface area contributed by atoms with Crippen LogP contribution in [0.15, 0.2) is 36.4 Å². The summed E-state index contributed by atoms with van der Waals surface area (Å²) in [6.45, 7) is 0. The Morgan fingerprint density at radius 1 is 1.24 bits per heavy atom. The van der Waals surface area contributed by atoms with Crippen molar-refractivity contribution in [2.75, 3.05) is 7.11 Å². The largest absolute Gasteiger partial charge is 0.497 e. The number of rotatable bonds is 6. The summed E-state index contributed by atoms with van der Waals surface area (Å²) in [5.74, 6) is 1.46. The zero-order chi connectivity index (χ0) is 15.1. The Bertz CT molecular complexity index is 468. The first-order chi connectivity index (χ1) is 10.2. The van der Waals surface area contributed by atoms with Gasteiger partial charge >= 0.3 is 5.97 Å². The average molecular weight is 288 g/mol. The maximum absolute atomic E-state index is 10.5. The summed E-state index contributed by atoms with van der Waals surface area (Å²) >= 11 is 0. The third-order valence-corrected chi connectivity index (χ3v) is 4.29. The van der Waals surface area contributed by atoms with Gasteiger partial charge in [0.05, 0.1) is 7.11 Å². The summed E-state index contributed by atoms with van der Waals surface area (Å²) in [5, 5.41) is 8.61. The van der Waals surface area contributed by atoms with E-state index in [1.807, 2.05) is 18.2 Å². The molecule has 1 fully saturated rings. The number of benzene rings is 1. The Kier molecular flexibility index (Phi) is 5.85. The molecule has 1 saturated carbocycles. The molecule has 1 N–H and O–H groups in total. The van der Waals surface area contributed by atoms with Crippen LogP contribution in [0, 0.1) is 5.92 Å². The molecule has 0 heterocycles. The van der Waals surface area contributed by atoms with Crippen LogP contribution in [0.3, 0.4) is 0 Å². The van der Waals surface area contributed by atoms with Crippen LogP contribution in [0.1, 0.15) is 50.0 Å². The lowest BCUT2D eigenvalue weighted by atomic mass is 9.78. The molecule has 3 nitrogen and oxygen atoms in total. The van der Waals surface area contributed by atoms with E-state index < -0.39 is 5.97 Å². The third kappa shape index (κ3) is 4.92. The second-order valence-corrected chi connectivity index (χ2v) is 5.75. The molecule has 114 valence electrons. The number of ether oxygens (including phenoxy) is 1. The number of carboxylic acids is 1. The highest BCUT2D eigenvalue weighted by atomic mass is 16.5. The minimum atomic E-state index is -0.720. The summed E-state index contributed by atoms with van der Waals surface area (Å²) < 4.78 is 5.19. The second-order valence-electron chi connectivity index (χ2n) is 5.75. The molecule has 3 heteroatoms. The number of aliphatic carboxylic acids is 1. The Morgan fingerprint density at radius 3 is 2.48 bits per heavy atom. The Morgan fingerprint density at radius 2 is 1.90 bits per heavy atom. The Hall–Kier alpha value is -1.77. The Balaban J connectivity index is 1.78. The summed E-state index contributed by atoms with van der Waals surface area (Å²) in [7, 11) is 1.69. The molecule has 0 atom stereocenters. The molecule has 1 aliphatic rings. The monoisotopic (exact) mass is 288 g/mol. The van der Waals surface area contributed by atoms with Gasteiger partial charge in [0.2, 0.25) is 0 Å². The van der Waals surface area contributed by atoms with Gasteiger partial charge in [-0.1, -0.05) is 24.3 Å². The number of methoxy groups -OCH3 is 1. The number of hydrogen-bond acceptors (Lipinski definition) is 2. The van der Waals surface area contributed by atoms with Crippen molar-refractivity contribution in [3.63, 3.8) is 0 Å². The van der Waals surface area contributed by atoms with E-state index >= 15 is 0 Å².